The van der Waals surface area contributed by atoms with Crippen LogP contribution in [0.2, 0.25) is 0 Å². The quantitative estimate of drug-likeness (QED) is 0.151. The Balaban J connectivity index is 0.000000162. The summed E-state index contributed by atoms with van der Waals surface area (Å²) in [7, 11) is 3.95. The second-order valence-electron chi connectivity index (χ2n) is 16.4. The predicted octanol–water partition coefficient (Wildman–Crippen LogP) is 6.82. The van der Waals surface area contributed by atoms with Gasteiger partial charge in [-0.25, -0.2) is 28.7 Å². The van der Waals surface area contributed by atoms with Gasteiger partial charge in [0.05, 0.1) is 35.2 Å². The van der Waals surface area contributed by atoms with Crippen LogP contribution in [-0.4, -0.2) is 91.4 Å². The molecule has 0 saturated carbocycles. The van der Waals surface area contributed by atoms with Crippen LogP contribution >= 0.6 is 0 Å². The lowest BCUT2D eigenvalue weighted by Crippen LogP contribution is -2.45. The minimum atomic E-state index is -0.232. The standard InChI is InChI=1S/2C24H25FN6O/c2*1-29(23-26-13-10-22(32)28-23)19-11-14-30(15-12-19)24-27-20-4-2-3-5-21(20)31(24)16-17-6-8-18(25)9-7-17/h2*2-10,13,19H,11-12,14-16H2,1H3,(H,26,28,32). The van der Waals surface area contributed by atoms with Gasteiger partial charge in [-0.1, -0.05) is 48.5 Å². The monoisotopic (exact) mass is 864 g/mol. The summed E-state index contributed by atoms with van der Waals surface area (Å²) in [4.78, 5) is 56.1. The molecule has 10 rings (SSSR count). The molecule has 2 aliphatic heterocycles. The molecular weight excluding hydrogens is 815 g/mol. The molecule has 14 nitrogen and oxygen atoms in total. The smallest absolute Gasteiger partial charge is 0.252 e. The molecule has 0 aliphatic carbocycles. The van der Waals surface area contributed by atoms with Gasteiger partial charge in [0.2, 0.25) is 23.8 Å². The predicted molar refractivity (Wildman–Crippen MR) is 247 cm³/mol. The SMILES string of the molecule is CN(c1nccc(=O)[nH]1)C1CCN(c2nc3ccccc3n2Cc2ccc(F)cc2)CC1.CN(c1nccc(=O)[nH]1)C1CCN(c2nc3ccccc3n2Cc2ccc(F)cc2)CC1. The first-order valence-electron chi connectivity index (χ1n) is 21.6. The molecule has 16 heteroatoms. The zero-order valence-corrected chi connectivity index (χ0v) is 35.8. The van der Waals surface area contributed by atoms with Crippen molar-refractivity contribution in [2.24, 2.45) is 0 Å². The fourth-order valence-electron chi connectivity index (χ4n) is 8.80. The number of hydrogen-bond donors (Lipinski definition) is 2. The van der Waals surface area contributed by atoms with E-state index in [0.717, 1.165) is 97.0 Å². The third-order valence-electron chi connectivity index (χ3n) is 12.4. The number of benzene rings is 4. The van der Waals surface area contributed by atoms with Crippen molar-refractivity contribution in [3.63, 3.8) is 0 Å². The summed E-state index contributed by atoms with van der Waals surface area (Å²) in [6.07, 6.45) is 6.78. The highest BCUT2D eigenvalue weighted by atomic mass is 19.1. The topological polar surface area (TPSA) is 140 Å². The van der Waals surface area contributed by atoms with Crippen LogP contribution in [0.3, 0.4) is 0 Å². The van der Waals surface area contributed by atoms with Crippen molar-refractivity contribution in [1.82, 2.24) is 39.0 Å². The Morgan fingerprint density at radius 2 is 0.922 bits per heavy atom. The van der Waals surface area contributed by atoms with Gasteiger partial charge in [-0.05, 0) is 85.3 Å². The van der Waals surface area contributed by atoms with Gasteiger partial charge in [0.15, 0.2) is 0 Å². The van der Waals surface area contributed by atoms with Crippen LogP contribution < -0.4 is 30.7 Å². The van der Waals surface area contributed by atoms with Crippen LogP contribution in [0.5, 0.6) is 0 Å². The third-order valence-corrected chi connectivity index (χ3v) is 12.4. The van der Waals surface area contributed by atoms with E-state index in [9.17, 15) is 18.4 Å². The average Bonchev–Trinajstić information content (AvgIpc) is 3.88. The van der Waals surface area contributed by atoms with Crippen LogP contribution in [-0.2, 0) is 13.1 Å². The van der Waals surface area contributed by atoms with E-state index in [1.807, 2.05) is 74.8 Å². The molecule has 64 heavy (non-hydrogen) atoms. The minimum Gasteiger partial charge on any atom is -0.342 e. The lowest BCUT2D eigenvalue weighted by Gasteiger charge is -2.37. The fraction of sp³-hybridized carbons (Fsp3) is 0.292. The number of anilines is 4. The Morgan fingerprint density at radius 1 is 0.547 bits per heavy atom. The van der Waals surface area contributed by atoms with Gasteiger partial charge in [-0.3, -0.25) is 19.6 Å². The molecule has 2 fully saturated rings. The van der Waals surface area contributed by atoms with Crippen molar-refractivity contribution in [2.75, 3.05) is 59.9 Å². The molecule has 8 aromatic rings. The Kier molecular flexibility index (Phi) is 12.2. The molecule has 0 unspecified atom stereocenters. The molecule has 0 amide bonds. The summed E-state index contributed by atoms with van der Waals surface area (Å²) in [5, 5.41) is 0. The van der Waals surface area contributed by atoms with Crippen LogP contribution in [0.25, 0.3) is 22.1 Å². The number of piperidine rings is 2. The summed E-state index contributed by atoms with van der Waals surface area (Å²) in [5.74, 6) is 2.60. The molecule has 0 atom stereocenters. The van der Waals surface area contributed by atoms with Crippen molar-refractivity contribution in [1.29, 1.82) is 0 Å². The first kappa shape index (κ1) is 42.0. The van der Waals surface area contributed by atoms with Gasteiger partial charge in [0.1, 0.15) is 11.6 Å². The summed E-state index contributed by atoms with van der Waals surface area (Å²) in [6.45, 7) is 4.64. The summed E-state index contributed by atoms with van der Waals surface area (Å²) in [6, 6.07) is 32.9. The maximum atomic E-state index is 13.4. The van der Waals surface area contributed by atoms with Gasteiger partial charge >= 0.3 is 0 Å². The van der Waals surface area contributed by atoms with E-state index < -0.39 is 0 Å². The molecule has 6 heterocycles. The molecule has 328 valence electrons. The number of halogens is 2. The first-order valence-corrected chi connectivity index (χ1v) is 21.6. The van der Waals surface area contributed by atoms with E-state index in [1.165, 1.54) is 48.8 Å². The highest BCUT2D eigenvalue weighted by Crippen LogP contribution is 2.30. The number of hydrogen-bond acceptors (Lipinski definition) is 10. The summed E-state index contributed by atoms with van der Waals surface area (Å²) in [5.41, 5.74) is 5.82. The lowest BCUT2D eigenvalue weighted by molar-refractivity contribution is 0.469. The van der Waals surface area contributed by atoms with E-state index in [0.29, 0.717) is 25.0 Å². The van der Waals surface area contributed by atoms with Gasteiger partial charge in [-0.15, -0.1) is 0 Å². The Labute approximate surface area is 368 Å². The van der Waals surface area contributed by atoms with E-state index in [2.05, 4.69) is 60.8 Å². The first-order chi connectivity index (χ1) is 31.2. The largest absolute Gasteiger partial charge is 0.342 e. The maximum absolute atomic E-state index is 13.4. The van der Waals surface area contributed by atoms with Crippen molar-refractivity contribution < 1.29 is 8.78 Å². The summed E-state index contributed by atoms with van der Waals surface area (Å²) >= 11 is 0. The Bertz CT molecular complexity index is 2750. The molecule has 0 radical (unpaired) electrons. The average molecular weight is 865 g/mol. The van der Waals surface area contributed by atoms with E-state index >= 15 is 0 Å². The van der Waals surface area contributed by atoms with E-state index in [-0.39, 0.29) is 34.8 Å². The molecule has 4 aromatic carbocycles. The van der Waals surface area contributed by atoms with Crippen molar-refractivity contribution in [3.05, 3.63) is 165 Å². The second kappa shape index (κ2) is 18.5. The number of imidazole rings is 2. The molecule has 4 aromatic heterocycles. The number of nitrogens with zero attached hydrogens (tertiary/aromatic N) is 10. The van der Waals surface area contributed by atoms with Gasteiger partial charge in [0.25, 0.3) is 11.1 Å². The lowest BCUT2D eigenvalue weighted by atomic mass is 10.0. The van der Waals surface area contributed by atoms with Crippen molar-refractivity contribution in [3.8, 4) is 0 Å². The fourth-order valence-corrected chi connectivity index (χ4v) is 8.80. The summed E-state index contributed by atoms with van der Waals surface area (Å²) < 4.78 is 31.2. The Hall–Kier alpha value is -7.36. The second-order valence-corrected chi connectivity index (χ2v) is 16.4. The van der Waals surface area contributed by atoms with E-state index in [4.69, 9.17) is 9.97 Å². The highest BCUT2D eigenvalue weighted by Gasteiger charge is 2.28. The third kappa shape index (κ3) is 9.21. The number of H-pyrrole nitrogens is 2. The van der Waals surface area contributed by atoms with Gasteiger partial charge in [-0.2, -0.15) is 0 Å². The van der Waals surface area contributed by atoms with Crippen molar-refractivity contribution >= 4 is 45.9 Å². The van der Waals surface area contributed by atoms with Gasteiger partial charge in [0, 0.05) is 76.9 Å². The minimum absolute atomic E-state index is 0.145. The van der Waals surface area contributed by atoms with Crippen LogP contribution in [0.1, 0.15) is 36.8 Å². The number of rotatable bonds is 10. The normalized spacial score (nSPS) is 14.8. The molecule has 0 bridgehead atoms. The van der Waals surface area contributed by atoms with Crippen molar-refractivity contribution in [2.45, 2.75) is 50.9 Å². The number of nitrogens with one attached hydrogen (secondary N) is 2. The molecule has 0 spiro atoms. The Morgan fingerprint density at radius 3 is 1.30 bits per heavy atom. The number of fused-ring (bicyclic) bond motifs is 2. The van der Waals surface area contributed by atoms with Crippen LogP contribution in [0.15, 0.2) is 131 Å². The molecule has 2 N–H and O–H groups in total. The van der Waals surface area contributed by atoms with Crippen LogP contribution in [0, 0.1) is 11.6 Å². The molecule has 2 aliphatic rings. The number of para-hydroxylation sites is 4. The zero-order chi connectivity index (χ0) is 44.2. The zero-order valence-electron chi connectivity index (χ0n) is 35.8. The van der Waals surface area contributed by atoms with Gasteiger partial charge < -0.3 is 28.7 Å². The molecular formula is C48H50F2N12O2. The number of aromatic nitrogens is 8. The molecule has 2 saturated heterocycles. The highest BCUT2D eigenvalue weighted by molar-refractivity contribution is 5.80. The van der Waals surface area contributed by atoms with Crippen LogP contribution in [0.4, 0.5) is 32.6 Å². The maximum Gasteiger partial charge on any atom is 0.252 e. The van der Waals surface area contributed by atoms with E-state index in [1.54, 1.807) is 0 Å². The number of aromatic amines is 2.